The second-order valence-electron chi connectivity index (χ2n) is 3.85. The SMILES string of the molecule is C#CCN(CC)c1cn(CC)c(=O)n(CC)c1=O. The quantitative estimate of drug-likeness (QED) is 0.714. The maximum Gasteiger partial charge on any atom is 0.331 e. The number of anilines is 1. The molecular weight excluding hydrogens is 230 g/mol. The van der Waals surface area contributed by atoms with Crippen LogP contribution in [0.3, 0.4) is 0 Å². The zero-order chi connectivity index (χ0) is 13.7. The second kappa shape index (κ2) is 6.10. The zero-order valence-electron chi connectivity index (χ0n) is 11.1. The summed E-state index contributed by atoms with van der Waals surface area (Å²) in [5.74, 6) is 2.52. The lowest BCUT2D eigenvalue weighted by molar-refractivity contribution is 0.584. The first-order valence-corrected chi connectivity index (χ1v) is 6.13. The third-order valence-electron chi connectivity index (χ3n) is 2.88. The van der Waals surface area contributed by atoms with Crippen LogP contribution < -0.4 is 16.1 Å². The Morgan fingerprint density at radius 2 is 1.94 bits per heavy atom. The summed E-state index contributed by atoms with van der Waals surface area (Å²) >= 11 is 0. The van der Waals surface area contributed by atoms with Crippen LogP contribution in [0.4, 0.5) is 5.69 Å². The summed E-state index contributed by atoms with van der Waals surface area (Å²) in [6.07, 6.45) is 6.89. The Morgan fingerprint density at radius 1 is 1.28 bits per heavy atom. The normalized spacial score (nSPS) is 10.1. The number of hydrogen-bond donors (Lipinski definition) is 0. The molecule has 0 bridgehead atoms. The van der Waals surface area contributed by atoms with Crippen LogP contribution in [0.5, 0.6) is 0 Å². The van der Waals surface area contributed by atoms with Crippen molar-refractivity contribution in [1.29, 1.82) is 0 Å². The van der Waals surface area contributed by atoms with E-state index >= 15 is 0 Å². The van der Waals surface area contributed by atoms with Gasteiger partial charge in [-0.1, -0.05) is 5.92 Å². The van der Waals surface area contributed by atoms with Crippen LogP contribution in [-0.2, 0) is 13.1 Å². The van der Waals surface area contributed by atoms with Gasteiger partial charge in [0.2, 0.25) is 0 Å². The minimum atomic E-state index is -0.274. The van der Waals surface area contributed by atoms with Gasteiger partial charge in [-0.3, -0.25) is 13.9 Å². The number of aryl methyl sites for hydroxylation is 1. The van der Waals surface area contributed by atoms with Gasteiger partial charge in [0.25, 0.3) is 5.56 Å². The van der Waals surface area contributed by atoms with Gasteiger partial charge in [-0.15, -0.1) is 6.42 Å². The summed E-state index contributed by atoms with van der Waals surface area (Å²) in [7, 11) is 0. The Balaban J connectivity index is 3.50. The highest BCUT2D eigenvalue weighted by molar-refractivity contribution is 5.43. The second-order valence-corrected chi connectivity index (χ2v) is 3.85. The van der Waals surface area contributed by atoms with E-state index in [0.717, 1.165) is 0 Å². The molecule has 5 nitrogen and oxygen atoms in total. The fraction of sp³-hybridized carbons (Fsp3) is 0.538. The number of nitrogens with zero attached hydrogens (tertiary/aromatic N) is 3. The Kier molecular flexibility index (Phi) is 4.78. The zero-order valence-corrected chi connectivity index (χ0v) is 11.1. The molecule has 1 rings (SSSR count). The fourth-order valence-electron chi connectivity index (χ4n) is 1.84. The summed E-state index contributed by atoms with van der Waals surface area (Å²) in [5.41, 5.74) is -0.0615. The molecule has 0 spiro atoms. The van der Waals surface area contributed by atoms with Crippen molar-refractivity contribution in [3.05, 3.63) is 27.0 Å². The van der Waals surface area contributed by atoms with E-state index in [0.29, 0.717) is 31.9 Å². The highest BCUT2D eigenvalue weighted by Crippen LogP contribution is 2.05. The third kappa shape index (κ3) is 2.48. The molecule has 0 aliphatic carbocycles. The molecule has 0 atom stereocenters. The molecule has 0 saturated carbocycles. The van der Waals surface area contributed by atoms with E-state index in [1.807, 2.05) is 13.8 Å². The minimum Gasteiger partial charge on any atom is -0.355 e. The number of aromatic nitrogens is 2. The molecule has 0 unspecified atom stereocenters. The Hall–Kier alpha value is -1.96. The molecule has 0 aliphatic heterocycles. The molecule has 1 aromatic rings. The Bertz CT molecular complexity index is 563. The molecule has 0 amide bonds. The standard InChI is InChI=1S/C13H19N3O2/c1-5-9-14(6-2)11-10-15(7-3)13(18)16(8-4)12(11)17/h1,10H,6-9H2,2-4H3. The van der Waals surface area contributed by atoms with Crippen LogP contribution in [0.2, 0.25) is 0 Å². The lowest BCUT2D eigenvalue weighted by Crippen LogP contribution is -2.42. The molecule has 98 valence electrons. The summed E-state index contributed by atoms with van der Waals surface area (Å²) in [5, 5.41) is 0. The summed E-state index contributed by atoms with van der Waals surface area (Å²) in [6.45, 7) is 7.45. The first-order valence-electron chi connectivity index (χ1n) is 6.13. The molecule has 0 fully saturated rings. The van der Waals surface area contributed by atoms with E-state index in [2.05, 4.69) is 5.92 Å². The molecule has 0 aliphatic rings. The van der Waals surface area contributed by atoms with Gasteiger partial charge in [0.05, 0.1) is 6.54 Å². The van der Waals surface area contributed by atoms with E-state index in [9.17, 15) is 9.59 Å². The molecule has 0 radical (unpaired) electrons. The lowest BCUT2D eigenvalue weighted by Gasteiger charge is -2.21. The molecule has 0 aromatic carbocycles. The predicted molar refractivity (Wildman–Crippen MR) is 73.0 cm³/mol. The highest BCUT2D eigenvalue weighted by Gasteiger charge is 2.13. The van der Waals surface area contributed by atoms with Crippen molar-refractivity contribution in [3.8, 4) is 12.3 Å². The lowest BCUT2D eigenvalue weighted by atomic mass is 10.4. The molecule has 0 N–H and O–H groups in total. The monoisotopic (exact) mass is 249 g/mol. The molecular formula is C13H19N3O2. The maximum absolute atomic E-state index is 12.2. The van der Waals surface area contributed by atoms with Crippen LogP contribution in [0.1, 0.15) is 20.8 Å². The first-order chi connectivity index (χ1) is 8.60. The van der Waals surface area contributed by atoms with Crippen molar-refractivity contribution < 1.29 is 0 Å². The van der Waals surface area contributed by atoms with E-state index in [4.69, 9.17) is 6.42 Å². The van der Waals surface area contributed by atoms with Gasteiger partial charge >= 0.3 is 5.69 Å². The van der Waals surface area contributed by atoms with Crippen LogP contribution in [0, 0.1) is 12.3 Å². The molecule has 5 heteroatoms. The van der Waals surface area contributed by atoms with Gasteiger partial charge < -0.3 is 4.90 Å². The fourth-order valence-corrected chi connectivity index (χ4v) is 1.84. The van der Waals surface area contributed by atoms with Gasteiger partial charge in [-0.25, -0.2) is 4.79 Å². The largest absolute Gasteiger partial charge is 0.355 e. The number of terminal acetylenes is 1. The maximum atomic E-state index is 12.2. The van der Waals surface area contributed by atoms with Crippen LogP contribution in [0.15, 0.2) is 15.8 Å². The van der Waals surface area contributed by atoms with E-state index in [-0.39, 0.29) is 11.2 Å². The van der Waals surface area contributed by atoms with Crippen molar-refractivity contribution in [2.24, 2.45) is 0 Å². The molecule has 18 heavy (non-hydrogen) atoms. The van der Waals surface area contributed by atoms with E-state index in [1.54, 1.807) is 18.0 Å². The number of rotatable bonds is 5. The third-order valence-corrected chi connectivity index (χ3v) is 2.88. The van der Waals surface area contributed by atoms with Crippen LogP contribution >= 0.6 is 0 Å². The van der Waals surface area contributed by atoms with Crippen molar-refractivity contribution in [2.75, 3.05) is 18.0 Å². The predicted octanol–water partition coefficient (Wildman–Crippen LogP) is 0.509. The summed E-state index contributed by atoms with van der Waals surface area (Å²) in [6, 6.07) is 0. The molecule has 0 saturated heterocycles. The number of hydrogen-bond acceptors (Lipinski definition) is 3. The van der Waals surface area contributed by atoms with Gasteiger partial charge in [0.1, 0.15) is 5.69 Å². The van der Waals surface area contributed by atoms with Gasteiger partial charge in [0, 0.05) is 25.8 Å². The minimum absolute atomic E-state index is 0.273. The van der Waals surface area contributed by atoms with Gasteiger partial charge in [0.15, 0.2) is 0 Å². The first kappa shape index (κ1) is 14.1. The summed E-state index contributed by atoms with van der Waals surface area (Å²) < 4.78 is 2.76. The molecule has 1 heterocycles. The van der Waals surface area contributed by atoms with Crippen molar-refractivity contribution in [3.63, 3.8) is 0 Å². The van der Waals surface area contributed by atoms with Crippen molar-refractivity contribution >= 4 is 5.69 Å². The van der Waals surface area contributed by atoms with Crippen molar-refractivity contribution in [1.82, 2.24) is 9.13 Å². The van der Waals surface area contributed by atoms with Crippen LogP contribution in [-0.4, -0.2) is 22.2 Å². The topological polar surface area (TPSA) is 47.2 Å². The van der Waals surface area contributed by atoms with Gasteiger partial charge in [-0.2, -0.15) is 0 Å². The Labute approximate surface area is 107 Å². The van der Waals surface area contributed by atoms with Gasteiger partial charge in [-0.05, 0) is 20.8 Å². The average molecular weight is 249 g/mol. The Morgan fingerprint density at radius 3 is 2.39 bits per heavy atom. The molecule has 1 aromatic heterocycles. The van der Waals surface area contributed by atoms with E-state index < -0.39 is 0 Å². The van der Waals surface area contributed by atoms with Crippen molar-refractivity contribution in [2.45, 2.75) is 33.9 Å². The highest BCUT2D eigenvalue weighted by atomic mass is 16.2. The summed E-state index contributed by atoms with van der Waals surface area (Å²) in [4.78, 5) is 25.9. The smallest absolute Gasteiger partial charge is 0.331 e. The van der Waals surface area contributed by atoms with Crippen LogP contribution in [0.25, 0.3) is 0 Å². The van der Waals surface area contributed by atoms with E-state index in [1.165, 1.54) is 9.13 Å². The average Bonchev–Trinajstić information content (AvgIpc) is 2.37.